The van der Waals surface area contributed by atoms with Crippen LogP contribution in [-0.2, 0) is 0 Å². The summed E-state index contributed by atoms with van der Waals surface area (Å²) in [6, 6.07) is 12.6. The van der Waals surface area contributed by atoms with Gasteiger partial charge in [-0.2, -0.15) is 0 Å². The van der Waals surface area contributed by atoms with E-state index in [1.54, 1.807) is 7.11 Å². The molecule has 0 bridgehead atoms. The third-order valence-electron chi connectivity index (χ3n) is 4.32. The molecule has 1 unspecified atom stereocenters. The van der Waals surface area contributed by atoms with Crippen molar-refractivity contribution < 1.29 is 9.53 Å². The van der Waals surface area contributed by atoms with Gasteiger partial charge in [-0.05, 0) is 10.5 Å². The Morgan fingerprint density at radius 1 is 0.920 bits per heavy atom. The van der Waals surface area contributed by atoms with Crippen molar-refractivity contribution in [2.45, 2.75) is 39.3 Å². The molecule has 0 aromatic heterocycles. The topological polar surface area (TPSA) is 26.3 Å². The number of methoxy groups -OCH3 is 1. The average molecular weight is 389 g/mol. The quantitative estimate of drug-likeness (QED) is 0.431. The molecule has 2 rings (SSSR count). The molecular formula is C20H29O2PSi2. The summed E-state index contributed by atoms with van der Waals surface area (Å²) in [5.74, 6) is 1.03. The first-order valence-electron chi connectivity index (χ1n) is 8.62. The largest absolute Gasteiger partial charge is 0.496 e. The third-order valence-corrected chi connectivity index (χ3v) is 9.70. The highest BCUT2D eigenvalue weighted by molar-refractivity contribution is 7.56. The molecule has 134 valence electrons. The Labute approximate surface area is 155 Å². The molecule has 2 aromatic rings. The Bertz CT molecular complexity index is 774. The molecule has 0 aliphatic heterocycles. The first-order valence-corrected chi connectivity index (χ1v) is 16.6. The highest BCUT2D eigenvalue weighted by Gasteiger charge is 2.27. The average Bonchev–Trinajstić information content (AvgIpc) is 2.53. The van der Waals surface area contributed by atoms with E-state index < -0.39 is 16.1 Å². The van der Waals surface area contributed by atoms with Gasteiger partial charge in [0.15, 0.2) is 6.29 Å². The molecule has 0 saturated heterocycles. The monoisotopic (exact) mass is 388 g/mol. The zero-order valence-corrected chi connectivity index (χ0v) is 19.4. The molecule has 0 aliphatic carbocycles. The predicted octanol–water partition coefficient (Wildman–Crippen LogP) is 3.23. The normalized spacial score (nSPS) is 12.6. The fourth-order valence-corrected chi connectivity index (χ4v) is 7.20. The molecule has 0 fully saturated rings. The van der Waals surface area contributed by atoms with Crippen molar-refractivity contribution in [1.29, 1.82) is 0 Å². The minimum absolute atomic E-state index is 0.427. The van der Waals surface area contributed by atoms with Gasteiger partial charge in [-0.25, -0.2) is 0 Å². The van der Waals surface area contributed by atoms with Gasteiger partial charge in [0, 0.05) is 10.9 Å². The van der Waals surface area contributed by atoms with Crippen LogP contribution in [0.4, 0.5) is 0 Å². The van der Waals surface area contributed by atoms with Crippen LogP contribution in [0.15, 0.2) is 36.4 Å². The third kappa shape index (κ3) is 4.69. The van der Waals surface area contributed by atoms with Crippen molar-refractivity contribution in [2.75, 3.05) is 7.11 Å². The number of aldehydes is 1. The van der Waals surface area contributed by atoms with Gasteiger partial charge in [-0.3, -0.25) is 4.79 Å². The summed E-state index contributed by atoms with van der Waals surface area (Å²) in [5, 5.41) is 5.18. The van der Waals surface area contributed by atoms with E-state index in [-0.39, 0.29) is 0 Å². The fourth-order valence-electron chi connectivity index (χ4n) is 2.79. The van der Waals surface area contributed by atoms with E-state index in [4.69, 9.17) is 4.74 Å². The summed E-state index contributed by atoms with van der Waals surface area (Å²) >= 11 is 0. The summed E-state index contributed by atoms with van der Waals surface area (Å²) in [5.41, 5.74) is 0.774. The summed E-state index contributed by atoms with van der Waals surface area (Å²) in [7, 11) is -0.798. The molecule has 0 amide bonds. The first-order chi connectivity index (χ1) is 11.6. The minimum Gasteiger partial charge on any atom is -0.496 e. The lowest BCUT2D eigenvalue weighted by molar-refractivity contribution is 0.112. The van der Waals surface area contributed by atoms with Crippen LogP contribution in [0.5, 0.6) is 5.75 Å². The van der Waals surface area contributed by atoms with Crippen LogP contribution in [0.1, 0.15) is 10.4 Å². The van der Waals surface area contributed by atoms with E-state index in [1.165, 1.54) is 15.7 Å². The number of hydrogen-bond donors (Lipinski definition) is 0. The molecular weight excluding hydrogens is 359 g/mol. The number of hydrogen-bond acceptors (Lipinski definition) is 2. The van der Waals surface area contributed by atoms with Gasteiger partial charge in [0.25, 0.3) is 0 Å². The van der Waals surface area contributed by atoms with Gasteiger partial charge in [-0.15, -0.1) is 0 Å². The van der Waals surface area contributed by atoms with Crippen LogP contribution >= 0.6 is 8.58 Å². The molecule has 0 N–H and O–H groups in total. The number of carbonyl (C=O) groups is 1. The lowest BCUT2D eigenvalue weighted by Crippen LogP contribution is -2.47. The summed E-state index contributed by atoms with van der Waals surface area (Å²) in [6.45, 7) is 14.3. The Kier molecular flexibility index (Phi) is 6.08. The molecule has 0 radical (unpaired) electrons. The molecule has 25 heavy (non-hydrogen) atoms. The highest BCUT2D eigenvalue weighted by atomic mass is 31.1. The van der Waals surface area contributed by atoms with Crippen molar-refractivity contribution >= 4 is 52.0 Å². The van der Waals surface area contributed by atoms with Gasteiger partial charge in [0.1, 0.15) is 5.75 Å². The highest BCUT2D eigenvalue weighted by Crippen LogP contribution is 2.22. The van der Waals surface area contributed by atoms with Gasteiger partial charge in [0.05, 0.1) is 23.3 Å². The van der Waals surface area contributed by atoms with Crippen LogP contribution in [0.3, 0.4) is 0 Å². The lowest BCUT2D eigenvalue weighted by Gasteiger charge is -2.27. The Morgan fingerprint density at radius 2 is 1.56 bits per heavy atom. The molecule has 1 atom stereocenters. The second-order valence-electron chi connectivity index (χ2n) is 8.43. The SMILES string of the molecule is COc1c(Pc2ccccc2C=O)cc([Si](C)(C)C)cc1[Si](C)(C)C. The summed E-state index contributed by atoms with van der Waals surface area (Å²) in [6.07, 6.45) is 0.955. The molecule has 5 heteroatoms. The van der Waals surface area contributed by atoms with Crippen molar-refractivity contribution in [3.63, 3.8) is 0 Å². The van der Waals surface area contributed by atoms with Gasteiger partial charge >= 0.3 is 0 Å². The van der Waals surface area contributed by atoms with E-state index in [0.717, 1.165) is 22.9 Å². The van der Waals surface area contributed by atoms with E-state index in [1.807, 2.05) is 18.2 Å². The Morgan fingerprint density at radius 3 is 2.08 bits per heavy atom. The van der Waals surface area contributed by atoms with Gasteiger partial charge < -0.3 is 4.74 Å². The van der Waals surface area contributed by atoms with Crippen LogP contribution in [0.25, 0.3) is 0 Å². The minimum atomic E-state index is -1.55. The second kappa shape index (κ2) is 7.57. The fraction of sp³-hybridized carbons (Fsp3) is 0.350. The van der Waals surface area contributed by atoms with Crippen molar-refractivity contribution in [2.24, 2.45) is 0 Å². The maximum absolute atomic E-state index is 11.4. The first kappa shape index (κ1) is 20.1. The van der Waals surface area contributed by atoms with Crippen LogP contribution in [0.2, 0.25) is 39.3 Å². The van der Waals surface area contributed by atoms with Crippen molar-refractivity contribution in [3.8, 4) is 5.75 Å². The zero-order chi connectivity index (χ0) is 18.8. The number of ether oxygens (including phenoxy) is 1. The van der Waals surface area contributed by atoms with Gasteiger partial charge in [-0.1, -0.05) is 89.4 Å². The summed E-state index contributed by atoms with van der Waals surface area (Å²) in [4.78, 5) is 11.4. The van der Waals surface area contributed by atoms with Crippen LogP contribution < -0.4 is 25.7 Å². The van der Waals surface area contributed by atoms with E-state index in [9.17, 15) is 4.79 Å². The second-order valence-corrected chi connectivity index (χ2v) is 19.9. The molecule has 2 aromatic carbocycles. The van der Waals surface area contributed by atoms with Crippen LogP contribution in [-0.4, -0.2) is 29.5 Å². The van der Waals surface area contributed by atoms with E-state index in [0.29, 0.717) is 8.58 Å². The smallest absolute Gasteiger partial charge is 0.150 e. The molecule has 0 aliphatic rings. The predicted molar refractivity (Wildman–Crippen MR) is 118 cm³/mol. The van der Waals surface area contributed by atoms with E-state index >= 15 is 0 Å². The van der Waals surface area contributed by atoms with Gasteiger partial charge in [0.2, 0.25) is 0 Å². The molecule has 2 nitrogen and oxygen atoms in total. The number of carbonyl (C=O) groups excluding carboxylic acids is 1. The zero-order valence-electron chi connectivity index (χ0n) is 16.4. The number of rotatable bonds is 6. The summed E-state index contributed by atoms with van der Waals surface area (Å²) < 4.78 is 5.89. The maximum atomic E-state index is 11.4. The maximum Gasteiger partial charge on any atom is 0.150 e. The molecule has 0 spiro atoms. The Balaban J connectivity index is 2.68. The molecule has 0 heterocycles. The van der Waals surface area contributed by atoms with E-state index in [2.05, 4.69) is 57.5 Å². The standard InChI is InChI=1S/C20H29O2PSi2/c1-22-20-18(23-17-11-9-8-10-15(17)14-21)12-16(24(2,3)4)13-19(20)25(5,6)7/h8-14,23H,1-7H3. The lowest BCUT2D eigenvalue weighted by atomic mass is 10.2. The van der Waals surface area contributed by atoms with Crippen LogP contribution in [0, 0.1) is 0 Å². The Hall–Kier alpha value is -1.23. The molecule has 0 saturated carbocycles. The number of benzene rings is 2. The van der Waals surface area contributed by atoms with Crippen molar-refractivity contribution in [3.05, 3.63) is 42.0 Å². The van der Waals surface area contributed by atoms with Crippen molar-refractivity contribution in [1.82, 2.24) is 0 Å².